The molecule has 3 atom stereocenters. The molecule has 2 fully saturated rings. The van der Waals surface area contributed by atoms with Gasteiger partial charge in [0.15, 0.2) is 0 Å². The zero-order valence-electron chi connectivity index (χ0n) is 10.6. The van der Waals surface area contributed by atoms with Crippen molar-refractivity contribution in [1.82, 2.24) is 15.5 Å². The minimum atomic E-state index is 0.603. The molecule has 16 heavy (non-hydrogen) atoms. The molecule has 0 amide bonds. The van der Waals surface area contributed by atoms with Crippen molar-refractivity contribution in [2.45, 2.75) is 51.2 Å². The Morgan fingerprint density at radius 1 is 1.19 bits per heavy atom. The van der Waals surface area contributed by atoms with Gasteiger partial charge in [0.05, 0.1) is 0 Å². The molecule has 0 spiro atoms. The largest absolute Gasteiger partial charge is 0.372 e. The van der Waals surface area contributed by atoms with Crippen molar-refractivity contribution in [3.05, 3.63) is 12.3 Å². The van der Waals surface area contributed by atoms with Gasteiger partial charge >= 0.3 is 0 Å². The second kappa shape index (κ2) is 5.69. The lowest BCUT2D eigenvalue weighted by Crippen LogP contribution is -2.52. The predicted octanol–water partition coefficient (Wildman–Crippen LogP) is 1.32. The summed E-state index contributed by atoms with van der Waals surface area (Å²) >= 11 is 0. The van der Waals surface area contributed by atoms with E-state index in [9.17, 15) is 0 Å². The number of piperazine rings is 1. The van der Waals surface area contributed by atoms with Gasteiger partial charge in [-0.05, 0) is 39.4 Å². The molecule has 2 aliphatic rings. The van der Waals surface area contributed by atoms with Gasteiger partial charge in [-0.3, -0.25) is 0 Å². The molecule has 0 aromatic carbocycles. The number of piperidine rings is 1. The molecule has 3 heteroatoms. The van der Waals surface area contributed by atoms with E-state index < -0.39 is 0 Å². The summed E-state index contributed by atoms with van der Waals surface area (Å²) in [6, 6.07) is 1.84. The van der Waals surface area contributed by atoms with E-state index in [2.05, 4.69) is 41.7 Å². The number of nitrogens with zero attached hydrogens (tertiary/aromatic N) is 1. The van der Waals surface area contributed by atoms with E-state index >= 15 is 0 Å². The first kappa shape index (κ1) is 11.9. The fourth-order valence-corrected chi connectivity index (χ4v) is 2.51. The zero-order valence-corrected chi connectivity index (χ0v) is 10.6. The molecule has 3 nitrogen and oxygen atoms in total. The first-order valence-corrected chi connectivity index (χ1v) is 6.66. The summed E-state index contributed by atoms with van der Waals surface area (Å²) in [7, 11) is 0. The Morgan fingerprint density at radius 3 is 2.81 bits per heavy atom. The van der Waals surface area contributed by atoms with Crippen molar-refractivity contribution in [3.8, 4) is 0 Å². The van der Waals surface area contributed by atoms with Crippen molar-refractivity contribution in [2.24, 2.45) is 0 Å². The fraction of sp³-hybridized carbons (Fsp3) is 0.846. The first-order chi connectivity index (χ1) is 7.75. The molecule has 0 aliphatic carbocycles. The highest BCUT2D eigenvalue weighted by atomic mass is 15.2. The maximum Gasteiger partial charge on any atom is 0.0381 e. The van der Waals surface area contributed by atoms with Crippen LogP contribution in [-0.2, 0) is 0 Å². The maximum absolute atomic E-state index is 3.56. The van der Waals surface area contributed by atoms with Crippen LogP contribution in [0.25, 0.3) is 0 Å². The van der Waals surface area contributed by atoms with Crippen molar-refractivity contribution >= 4 is 0 Å². The van der Waals surface area contributed by atoms with Gasteiger partial charge in [0, 0.05) is 31.2 Å². The third kappa shape index (κ3) is 3.22. The Labute approximate surface area is 99.3 Å². The number of hydrogen-bond donors (Lipinski definition) is 2. The van der Waals surface area contributed by atoms with Gasteiger partial charge in [0.2, 0.25) is 0 Å². The summed E-state index contributed by atoms with van der Waals surface area (Å²) in [4.78, 5) is 2.47. The van der Waals surface area contributed by atoms with Gasteiger partial charge in [-0.15, -0.1) is 0 Å². The second-order valence-corrected chi connectivity index (χ2v) is 5.25. The normalized spacial score (nSPS) is 36.9. The quantitative estimate of drug-likeness (QED) is 0.739. The topological polar surface area (TPSA) is 27.3 Å². The maximum atomic E-state index is 3.56. The molecule has 0 aromatic heterocycles. The van der Waals surface area contributed by atoms with Crippen LogP contribution in [0.2, 0.25) is 0 Å². The Hall–Kier alpha value is -0.540. The summed E-state index contributed by atoms with van der Waals surface area (Å²) in [6.45, 7) is 7.96. The van der Waals surface area contributed by atoms with Gasteiger partial charge in [-0.1, -0.05) is 12.5 Å². The molecule has 92 valence electrons. The number of rotatable bonds is 2. The lowest BCUT2D eigenvalue weighted by atomic mass is 10.0. The van der Waals surface area contributed by atoms with Crippen LogP contribution < -0.4 is 10.6 Å². The fourth-order valence-electron chi connectivity index (χ4n) is 2.51. The second-order valence-electron chi connectivity index (χ2n) is 5.25. The highest BCUT2D eigenvalue weighted by Gasteiger charge is 2.19. The van der Waals surface area contributed by atoms with Crippen LogP contribution in [-0.4, -0.2) is 42.7 Å². The smallest absolute Gasteiger partial charge is 0.0381 e. The van der Waals surface area contributed by atoms with Gasteiger partial charge in [-0.2, -0.15) is 0 Å². The molecule has 0 aromatic rings. The van der Waals surface area contributed by atoms with E-state index in [1.165, 1.54) is 25.8 Å². The predicted molar refractivity (Wildman–Crippen MR) is 68.4 cm³/mol. The summed E-state index contributed by atoms with van der Waals surface area (Å²) in [5, 5.41) is 7.06. The lowest BCUT2D eigenvalue weighted by molar-refractivity contribution is 0.207. The van der Waals surface area contributed by atoms with E-state index in [-0.39, 0.29) is 0 Å². The Kier molecular flexibility index (Phi) is 4.24. The molecule has 2 heterocycles. The summed E-state index contributed by atoms with van der Waals surface area (Å²) < 4.78 is 0. The van der Waals surface area contributed by atoms with Crippen molar-refractivity contribution in [1.29, 1.82) is 0 Å². The molecular formula is C13H25N3. The van der Waals surface area contributed by atoms with E-state index in [1.54, 1.807) is 0 Å². The number of hydrogen-bond acceptors (Lipinski definition) is 3. The number of nitrogens with one attached hydrogen (secondary N) is 2. The molecule has 2 unspecified atom stereocenters. The van der Waals surface area contributed by atoms with Crippen molar-refractivity contribution < 1.29 is 0 Å². The zero-order chi connectivity index (χ0) is 11.4. The lowest BCUT2D eigenvalue weighted by Gasteiger charge is -2.37. The van der Waals surface area contributed by atoms with E-state index in [0.717, 1.165) is 13.1 Å². The van der Waals surface area contributed by atoms with Gasteiger partial charge in [0.1, 0.15) is 0 Å². The summed E-state index contributed by atoms with van der Waals surface area (Å²) in [5.74, 6) is 0. The van der Waals surface area contributed by atoms with Crippen LogP contribution in [0.3, 0.4) is 0 Å². The van der Waals surface area contributed by atoms with Crippen LogP contribution in [0, 0.1) is 0 Å². The molecule has 0 bridgehead atoms. The SMILES string of the molecule is CC1CN[C@@H](C)CN1/C=C\C1CCCCN1. The molecule has 0 saturated carbocycles. The van der Waals surface area contributed by atoms with E-state index in [1.807, 2.05) is 0 Å². The Morgan fingerprint density at radius 2 is 2.06 bits per heavy atom. The van der Waals surface area contributed by atoms with Gasteiger partial charge in [-0.25, -0.2) is 0 Å². The third-order valence-electron chi connectivity index (χ3n) is 3.67. The van der Waals surface area contributed by atoms with Crippen LogP contribution in [0.4, 0.5) is 0 Å². The highest BCUT2D eigenvalue weighted by molar-refractivity contribution is 4.98. The Balaban J connectivity index is 1.84. The first-order valence-electron chi connectivity index (χ1n) is 6.66. The van der Waals surface area contributed by atoms with Crippen LogP contribution in [0.1, 0.15) is 33.1 Å². The van der Waals surface area contributed by atoms with Crippen LogP contribution in [0.5, 0.6) is 0 Å². The standard InChI is InChI=1S/C13H25N3/c1-11-10-16(12(2)9-15-11)8-6-13-5-3-4-7-14-13/h6,8,11-15H,3-5,7,9-10H2,1-2H3/b8-6-/t11-,12?,13?/m0/s1. The average Bonchev–Trinajstić information content (AvgIpc) is 2.32. The van der Waals surface area contributed by atoms with Gasteiger partial charge in [0.25, 0.3) is 0 Å². The molecular weight excluding hydrogens is 198 g/mol. The molecule has 2 aliphatic heterocycles. The van der Waals surface area contributed by atoms with E-state index in [4.69, 9.17) is 0 Å². The summed E-state index contributed by atoms with van der Waals surface area (Å²) in [5.41, 5.74) is 0. The monoisotopic (exact) mass is 223 g/mol. The molecule has 0 radical (unpaired) electrons. The van der Waals surface area contributed by atoms with Gasteiger partial charge < -0.3 is 15.5 Å². The third-order valence-corrected chi connectivity index (χ3v) is 3.67. The van der Waals surface area contributed by atoms with Crippen molar-refractivity contribution in [2.75, 3.05) is 19.6 Å². The molecule has 2 N–H and O–H groups in total. The van der Waals surface area contributed by atoms with Crippen LogP contribution >= 0.6 is 0 Å². The Bertz CT molecular complexity index is 233. The summed E-state index contributed by atoms with van der Waals surface area (Å²) in [6.07, 6.45) is 8.67. The van der Waals surface area contributed by atoms with Crippen LogP contribution in [0.15, 0.2) is 12.3 Å². The minimum absolute atomic E-state index is 0.603. The molecule has 2 rings (SSSR count). The highest BCUT2D eigenvalue weighted by Crippen LogP contribution is 2.11. The molecule has 2 saturated heterocycles. The van der Waals surface area contributed by atoms with E-state index in [0.29, 0.717) is 18.1 Å². The minimum Gasteiger partial charge on any atom is -0.372 e. The van der Waals surface area contributed by atoms with Crippen molar-refractivity contribution in [3.63, 3.8) is 0 Å². The average molecular weight is 223 g/mol.